The first-order valence-electron chi connectivity index (χ1n) is 17.0. The number of ether oxygens (including phenoxy) is 4. The molecule has 5 rings (SSSR count). The van der Waals surface area contributed by atoms with Crippen LogP contribution in [0.25, 0.3) is 10.8 Å². The van der Waals surface area contributed by atoms with E-state index in [1.54, 1.807) is 18.2 Å². The Morgan fingerprint density at radius 3 is 1.96 bits per heavy atom. The molecule has 0 bridgehead atoms. The number of aromatic hydroxyl groups is 1. The van der Waals surface area contributed by atoms with Gasteiger partial charge in [0.1, 0.15) is 33.5 Å². The molecule has 0 spiro atoms. The Kier molecular flexibility index (Phi) is 14.4. The van der Waals surface area contributed by atoms with Gasteiger partial charge in [-0.3, -0.25) is 4.55 Å². The first-order chi connectivity index (χ1) is 26.9. The van der Waals surface area contributed by atoms with Gasteiger partial charge in [-0.15, -0.1) is 15.3 Å². The van der Waals surface area contributed by atoms with Crippen LogP contribution in [0, 0.1) is 0 Å². The molecule has 0 aromatic heterocycles. The quantitative estimate of drug-likeness (QED) is 0.0301. The van der Waals surface area contributed by atoms with Crippen LogP contribution in [0.5, 0.6) is 17.2 Å². The summed E-state index contributed by atoms with van der Waals surface area (Å²) in [4.78, 5) is -0.639. The van der Waals surface area contributed by atoms with Gasteiger partial charge < -0.3 is 34.5 Å². The number of anilines is 2. The van der Waals surface area contributed by atoms with E-state index in [0.717, 1.165) is 5.69 Å². The van der Waals surface area contributed by atoms with E-state index in [-0.39, 0.29) is 52.9 Å². The summed E-state index contributed by atoms with van der Waals surface area (Å²) in [6.45, 7) is 1.34. The number of para-hydroxylation sites is 1. The third-order valence-electron chi connectivity index (χ3n) is 7.91. The average molecular weight is 809 g/mol. The number of phenolic OH excluding ortho intramolecular Hbond substituents is 1. The molecule has 19 heteroatoms. The fraction of sp³-hybridized carbons (Fsp3) is 0.243. The van der Waals surface area contributed by atoms with E-state index >= 15 is 0 Å². The highest BCUT2D eigenvalue weighted by Gasteiger charge is 2.23. The second-order valence-electron chi connectivity index (χ2n) is 11.8. The van der Waals surface area contributed by atoms with Gasteiger partial charge >= 0.3 is 0 Å². The number of aliphatic hydroxyl groups is 1. The van der Waals surface area contributed by atoms with Crippen molar-refractivity contribution < 1.29 is 50.5 Å². The maximum Gasteiger partial charge on any atom is 0.296 e. The predicted molar refractivity (Wildman–Crippen MR) is 208 cm³/mol. The number of methoxy groups -OCH3 is 2. The molecule has 0 aliphatic heterocycles. The minimum absolute atomic E-state index is 0.0307. The maximum atomic E-state index is 12.7. The third-order valence-corrected chi connectivity index (χ3v) is 10.3. The Morgan fingerprint density at radius 2 is 1.34 bits per heavy atom. The van der Waals surface area contributed by atoms with E-state index in [0.29, 0.717) is 43.0 Å². The van der Waals surface area contributed by atoms with E-state index < -0.39 is 36.5 Å². The number of aliphatic hydroxyl groups excluding tert-OH is 1. The van der Waals surface area contributed by atoms with Crippen molar-refractivity contribution in [1.82, 2.24) is 4.72 Å². The third kappa shape index (κ3) is 11.0. The Hall–Kier alpha value is -5.54. The zero-order valence-corrected chi connectivity index (χ0v) is 32.0. The summed E-state index contributed by atoms with van der Waals surface area (Å²) in [5.41, 5.74) is 1.50. The highest BCUT2D eigenvalue weighted by atomic mass is 32.2. The highest BCUT2D eigenvalue weighted by Crippen LogP contribution is 2.45. The summed E-state index contributed by atoms with van der Waals surface area (Å²) in [6, 6.07) is 23.9. The van der Waals surface area contributed by atoms with Crippen LogP contribution in [-0.4, -0.2) is 85.4 Å². The molecular weight excluding hydrogens is 769 g/mol. The largest absolute Gasteiger partial charge is 0.505 e. The zero-order valence-electron chi connectivity index (χ0n) is 30.3. The molecule has 0 aliphatic carbocycles. The number of hydrogen-bond donors (Lipinski definition) is 5. The molecule has 296 valence electrons. The fourth-order valence-corrected chi connectivity index (χ4v) is 6.92. The zero-order chi connectivity index (χ0) is 40.1. The van der Waals surface area contributed by atoms with Crippen LogP contribution in [0.4, 0.5) is 34.1 Å². The average Bonchev–Trinajstić information content (AvgIpc) is 3.19. The topological polar surface area (TPSA) is 239 Å². The number of rotatable bonds is 20. The highest BCUT2D eigenvalue weighted by molar-refractivity contribution is 7.89. The first-order valence-corrected chi connectivity index (χ1v) is 19.9. The molecule has 0 fully saturated rings. The first kappa shape index (κ1) is 41.6. The summed E-state index contributed by atoms with van der Waals surface area (Å²) in [7, 11) is -5.94. The van der Waals surface area contributed by atoms with Crippen LogP contribution < -0.4 is 19.5 Å². The molecule has 56 heavy (non-hydrogen) atoms. The number of nitrogens with zero attached hydrogens (tertiary/aromatic N) is 4. The number of benzene rings is 5. The van der Waals surface area contributed by atoms with E-state index in [9.17, 15) is 26.5 Å². The summed E-state index contributed by atoms with van der Waals surface area (Å²) in [5, 5.41) is 40.2. The summed E-state index contributed by atoms with van der Waals surface area (Å²) in [6.07, 6.45) is 0.448. The molecule has 17 nitrogen and oxygen atoms in total. The van der Waals surface area contributed by atoms with Gasteiger partial charge in [-0.2, -0.15) is 13.5 Å². The summed E-state index contributed by atoms with van der Waals surface area (Å²) >= 11 is 0. The molecule has 5 N–H and O–H groups in total. The van der Waals surface area contributed by atoms with Gasteiger partial charge in [-0.05, 0) is 72.5 Å². The minimum Gasteiger partial charge on any atom is -0.505 e. The number of azo groups is 2. The molecule has 0 unspecified atom stereocenters. The van der Waals surface area contributed by atoms with E-state index in [4.69, 9.17) is 24.1 Å². The SMILES string of the molecule is COc1cc(N=Nc2c(S(=O)(=O)O)cc3cc(Nc4ccccc4)ccc3c2O)c(OC)cc1N=Nc1ccc(S(=O)(=O)NCCCOCCOCCO)cc1. The number of hydrogen-bond acceptors (Lipinski definition) is 15. The predicted octanol–water partition coefficient (Wildman–Crippen LogP) is 7.08. The minimum atomic E-state index is -4.88. The Morgan fingerprint density at radius 1 is 0.696 bits per heavy atom. The van der Waals surface area contributed by atoms with Gasteiger partial charge in [0.05, 0.1) is 51.2 Å². The Bertz CT molecular complexity index is 2400. The van der Waals surface area contributed by atoms with Crippen LogP contribution in [-0.2, 0) is 29.6 Å². The van der Waals surface area contributed by atoms with Crippen molar-refractivity contribution in [3.63, 3.8) is 0 Å². The normalized spacial score (nSPS) is 12.1. The molecule has 0 heterocycles. The number of phenols is 1. The molecule has 0 radical (unpaired) electrons. The Balaban J connectivity index is 1.31. The molecule has 0 saturated carbocycles. The van der Waals surface area contributed by atoms with Crippen molar-refractivity contribution in [2.75, 3.05) is 59.1 Å². The van der Waals surface area contributed by atoms with Crippen molar-refractivity contribution >= 4 is 65.0 Å². The van der Waals surface area contributed by atoms with Crippen molar-refractivity contribution in [3.8, 4) is 17.2 Å². The monoisotopic (exact) mass is 808 g/mol. The lowest BCUT2D eigenvalue weighted by atomic mass is 10.1. The van der Waals surface area contributed by atoms with E-state index in [2.05, 4.69) is 30.5 Å². The second kappa shape index (κ2) is 19.4. The van der Waals surface area contributed by atoms with E-state index in [1.807, 2.05) is 30.3 Å². The number of fused-ring (bicyclic) bond motifs is 1. The van der Waals surface area contributed by atoms with Gasteiger partial charge in [-0.25, -0.2) is 13.1 Å². The standard InChI is InChI=1S/C37H40N6O11S2/c1-51-33-24-32(42-43-36-35(56(48,49)50)22-25-21-28(11-14-30(25)37(36)45)39-26-7-4-3-5-8-26)34(52-2)23-31(33)41-40-27-9-12-29(13-10-27)55(46,47)38-15-6-17-53-19-20-54-18-16-44/h3-5,7-14,21-24,38-39,44-45H,6,15-20H2,1-2H3,(H,48,49,50). The molecule has 0 amide bonds. The molecular formula is C37H40N6O11S2. The molecule has 0 atom stereocenters. The van der Waals surface area contributed by atoms with Crippen LogP contribution >= 0.6 is 0 Å². The lowest BCUT2D eigenvalue weighted by Gasteiger charge is -2.12. The van der Waals surface area contributed by atoms with Crippen molar-refractivity contribution in [2.45, 2.75) is 16.2 Å². The van der Waals surface area contributed by atoms with Crippen LogP contribution in [0.1, 0.15) is 6.42 Å². The van der Waals surface area contributed by atoms with Gasteiger partial charge in [0, 0.05) is 42.0 Å². The number of nitrogens with one attached hydrogen (secondary N) is 2. The second-order valence-corrected chi connectivity index (χ2v) is 14.9. The number of sulfonamides is 1. The summed E-state index contributed by atoms with van der Waals surface area (Å²) in [5.74, 6) is -0.231. The maximum absolute atomic E-state index is 12.7. The molecule has 0 saturated heterocycles. The van der Waals surface area contributed by atoms with Crippen LogP contribution in [0.2, 0.25) is 0 Å². The molecule has 5 aromatic rings. The summed E-state index contributed by atoms with van der Waals surface area (Å²) < 4.78 is 84.4. The van der Waals surface area contributed by atoms with Gasteiger partial charge in [-0.1, -0.05) is 18.2 Å². The van der Waals surface area contributed by atoms with Gasteiger partial charge in [0.2, 0.25) is 10.0 Å². The van der Waals surface area contributed by atoms with Crippen LogP contribution in [0.15, 0.2) is 121 Å². The Labute approximate surface area is 323 Å². The molecule has 0 aliphatic rings. The molecule has 5 aromatic carbocycles. The van der Waals surface area contributed by atoms with Crippen molar-refractivity contribution in [1.29, 1.82) is 0 Å². The smallest absolute Gasteiger partial charge is 0.296 e. The van der Waals surface area contributed by atoms with Gasteiger partial charge in [0.25, 0.3) is 10.1 Å². The van der Waals surface area contributed by atoms with E-state index in [1.165, 1.54) is 56.7 Å². The lowest BCUT2D eigenvalue weighted by Crippen LogP contribution is -2.25. The van der Waals surface area contributed by atoms with Gasteiger partial charge in [0.15, 0.2) is 5.75 Å². The fourth-order valence-electron chi connectivity index (χ4n) is 5.19. The van der Waals surface area contributed by atoms with Crippen molar-refractivity contribution in [3.05, 3.63) is 91.0 Å². The lowest BCUT2D eigenvalue weighted by molar-refractivity contribution is 0.0328. The van der Waals surface area contributed by atoms with Crippen molar-refractivity contribution in [2.24, 2.45) is 20.5 Å². The van der Waals surface area contributed by atoms with Crippen LogP contribution in [0.3, 0.4) is 0 Å².